The molecule has 0 aromatic rings. The Bertz CT molecular complexity index is 258. The second-order valence-corrected chi connectivity index (χ2v) is 5.44. The molecule has 13 heavy (non-hydrogen) atoms. The highest BCUT2D eigenvalue weighted by Gasteiger charge is 2.55. The van der Waals surface area contributed by atoms with Gasteiger partial charge in [0.25, 0.3) is 0 Å². The van der Waals surface area contributed by atoms with Crippen LogP contribution in [0.15, 0.2) is 24.3 Å². The molecule has 0 heterocycles. The Morgan fingerprint density at radius 3 is 2.00 bits per heavy atom. The number of allylic oxidation sites excluding steroid dienone is 2. The predicted octanol–water partition coefficient (Wildman–Crippen LogP) is 4.09. The van der Waals surface area contributed by atoms with Gasteiger partial charge in [-0.1, -0.05) is 38.2 Å². The van der Waals surface area contributed by atoms with E-state index in [4.69, 9.17) is 0 Å². The topological polar surface area (TPSA) is 0 Å². The van der Waals surface area contributed by atoms with Gasteiger partial charge < -0.3 is 0 Å². The minimum absolute atomic E-state index is 0.397. The van der Waals surface area contributed by atoms with Crippen LogP contribution in [0, 0.1) is 10.8 Å². The normalized spacial score (nSPS) is 30.3. The summed E-state index contributed by atoms with van der Waals surface area (Å²) in [5, 5.41) is 0. The van der Waals surface area contributed by atoms with Gasteiger partial charge in [-0.25, -0.2) is 0 Å². The zero-order chi connectivity index (χ0) is 9.69. The molecular weight excluding hydrogens is 156 g/mol. The third-order valence-electron chi connectivity index (χ3n) is 4.68. The van der Waals surface area contributed by atoms with Crippen LogP contribution in [0.5, 0.6) is 0 Å². The zero-order valence-corrected chi connectivity index (χ0v) is 8.95. The fourth-order valence-electron chi connectivity index (χ4n) is 3.00. The summed E-state index contributed by atoms with van der Waals surface area (Å²) in [6.45, 7) is 13.0. The minimum atomic E-state index is 0.397. The molecule has 0 aromatic carbocycles. The molecule has 2 aliphatic rings. The lowest BCUT2D eigenvalue weighted by Crippen LogP contribution is -2.50. The molecule has 0 unspecified atom stereocenters. The van der Waals surface area contributed by atoms with Crippen molar-refractivity contribution in [3.05, 3.63) is 24.3 Å². The highest BCUT2D eigenvalue weighted by molar-refractivity contribution is 5.29. The average Bonchev–Trinajstić information content (AvgIpc) is 2.09. The van der Waals surface area contributed by atoms with Crippen molar-refractivity contribution >= 4 is 0 Å². The van der Waals surface area contributed by atoms with Crippen LogP contribution in [0.1, 0.15) is 46.0 Å². The molecule has 72 valence electrons. The number of rotatable bonds is 0. The van der Waals surface area contributed by atoms with Crippen molar-refractivity contribution in [3.8, 4) is 0 Å². The van der Waals surface area contributed by atoms with Gasteiger partial charge in [-0.3, -0.25) is 0 Å². The van der Waals surface area contributed by atoms with Gasteiger partial charge in [-0.15, -0.1) is 0 Å². The zero-order valence-electron chi connectivity index (χ0n) is 8.95. The summed E-state index contributed by atoms with van der Waals surface area (Å²) >= 11 is 0. The third kappa shape index (κ3) is 1.04. The Morgan fingerprint density at radius 1 is 1.08 bits per heavy atom. The van der Waals surface area contributed by atoms with Crippen LogP contribution >= 0.6 is 0 Å². The van der Waals surface area contributed by atoms with Crippen LogP contribution in [0.4, 0.5) is 0 Å². The third-order valence-corrected chi connectivity index (χ3v) is 4.68. The monoisotopic (exact) mass is 176 g/mol. The fraction of sp³-hybridized carbons (Fsp3) is 0.692. The molecule has 2 rings (SSSR count). The maximum absolute atomic E-state index is 4.16. The molecule has 0 saturated heterocycles. The smallest absolute Gasteiger partial charge is 0.00875 e. The first-order valence-corrected chi connectivity index (χ1v) is 5.33. The molecule has 0 heteroatoms. The average molecular weight is 176 g/mol. The summed E-state index contributed by atoms with van der Waals surface area (Å²) in [6.07, 6.45) is 6.45. The largest absolute Gasteiger partial charge is 0.0999 e. The second-order valence-electron chi connectivity index (χ2n) is 5.44. The maximum Gasteiger partial charge on any atom is -0.00875 e. The number of hydrogen-bond donors (Lipinski definition) is 0. The van der Waals surface area contributed by atoms with Crippen LogP contribution in [-0.4, -0.2) is 0 Å². The first-order valence-electron chi connectivity index (χ1n) is 5.33. The molecule has 0 N–H and O–H groups in total. The van der Waals surface area contributed by atoms with Crippen molar-refractivity contribution in [2.45, 2.75) is 46.0 Å². The SMILES string of the molecule is C=C1CCC2(CC1)CC(=C)C2(C)C. The van der Waals surface area contributed by atoms with E-state index >= 15 is 0 Å². The first kappa shape index (κ1) is 9.05. The van der Waals surface area contributed by atoms with Crippen molar-refractivity contribution in [1.82, 2.24) is 0 Å². The molecule has 0 aromatic heterocycles. The van der Waals surface area contributed by atoms with Crippen LogP contribution in [0.25, 0.3) is 0 Å². The van der Waals surface area contributed by atoms with Crippen molar-refractivity contribution in [1.29, 1.82) is 0 Å². The van der Waals surface area contributed by atoms with Gasteiger partial charge in [0.1, 0.15) is 0 Å². The van der Waals surface area contributed by atoms with Crippen LogP contribution in [0.2, 0.25) is 0 Å². The van der Waals surface area contributed by atoms with Crippen molar-refractivity contribution in [2.24, 2.45) is 10.8 Å². The van der Waals surface area contributed by atoms with E-state index < -0.39 is 0 Å². The Morgan fingerprint density at radius 2 is 1.62 bits per heavy atom. The summed E-state index contributed by atoms with van der Waals surface area (Å²) in [5.41, 5.74) is 3.90. The standard InChI is InChI=1S/C13H20/c1-10-5-7-13(8-6-10)9-11(2)12(13,3)4/h1-2,5-9H2,3-4H3. The lowest BCUT2D eigenvalue weighted by Gasteiger charge is -2.60. The van der Waals surface area contributed by atoms with Gasteiger partial charge in [0.2, 0.25) is 0 Å². The van der Waals surface area contributed by atoms with Crippen LogP contribution < -0.4 is 0 Å². The van der Waals surface area contributed by atoms with E-state index in [1.807, 2.05) is 0 Å². The lowest BCUT2D eigenvalue weighted by molar-refractivity contribution is -0.00558. The summed E-state index contributed by atoms with van der Waals surface area (Å²) < 4.78 is 0. The molecular formula is C13H20. The Balaban J connectivity index is 2.16. The Hall–Kier alpha value is -0.520. The molecule has 1 spiro atoms. The summed E-state index contributed by atoms with van der Waals surface area (Å²) in [6, 6.07) is 0. The summed E-state index contributed by atoms with van der Waals surface area (Å²) in [7, 11) is 0. The van der Waals surface area contributed by atoms with E-state index in [-0.39, 0.29) is 0 Å². The summed E-state index contributed by atoms with van der Waals surface area (Å²) in [4.78, 5) is 0. The molecule has 0 radical (unpaired) electrons. The van der Waals surface area contributed by atoms with Gasteiger partial charge in [-0.2, -0.15) is 0 Å². The molecule has 2 saturated carbocycles. The molecule has 2 fully saturated rings. The lowest BCUT2D eigenvalue weighted by atomic mass is 9.44. The van der Waals surface area contributed by atoms with E-state index in [9.17, 15) is 0 Å². The Kier molecular flexibility index (Phi) is 1.74. The van der Waals surface area contributed by atoms with E-state index in [1.165, 1.54) is 43.3 Å². The van der Waals surface area contributed by atoms with Gasteiger partial charge >= 0.3 is 0 Å². The predicted molar refractivity (Wildman–Crippen MR) is 57.6 cm³/mol. The first-order chi connectivity index (χ1) is 5.98. The molecule has 0 nitrogen and oxygen atoms in total. The van der Waals surface area contributed by atoms with Gasteiger partial charge in [-0.05, 0) is 42.9 Å². The van der Waals surface area contributed by atoms with Crippen molar-refractivity contribution in [3.63, 3.8) is 0 Å². The van der Waals surface area contributed by atoms with E-state index in [0.717, 1.165) is 0 Å². The number of hydrogen-bond acceptors (Lipinski definition) is 0. The van der Waals surface area contributed by atoms with Gasteiger partial charge in [0, 0.05) is 0 Å². The van der Waals surface area contributed by atoms with Gasteiger partial charge in [0.15, 0.2) is 0 Å². The quantitative estimate of drug-likeness (QED) is 0.488. The van der Waals surface area contributed by atoms with E-state index in [2.05, 4.69) is 27.0 Å². The van der Waals surface area contributed by atoms with E-state index in [1.54, 1.807) is 0 Å². The fourth-order valence-corrected chi connectivity index (χ4v) is 3.00. The maximum atomic E-state index is 4.16. The molecule has 2 aliphatic carbocycles. The summed E-state index contributed by atoms with van der Waals surface area (Å²) in [5.74, 6) is 0. The Labute approximate surface area is 81.7 Å². The van der Waals surface area contributed by atoms with Crippen molar-refractivity contribution < 1.29 is 0 Å². The van der Waals surface area contributed by atoms with Crippen LogP contribution in [-0.2, 0) is 0 Å². The molecule has 0 atom stereocenters. The molecule has 0 bridgehead atoms. The van der Waals surface area contributed by atoms with Gasteiger partial charge in [0.05, 0.1) is 0 Å². The molecule has 0 aliphatic heterocycles. The van der Waals surface area contributed by atoms with E-state index in [0.29, 0.717) is 10.8 Å². The van der Waals surface area contributed by atoms with Crippen LogP contribution in [0.3, 0.4) is 0 Å². The minimum Gasteiger partial charge on any atom is -0.0999 e. The molecule has 0 amide bonds. The highest BCUT2D eigenvalue weighted by atomic mass is 14.6. The second kappa shape index (κ2) is 2.50. The van der Waals surface area contributed by atoms with Crippen molar-refractivity contribution in [2.75, 3.05) is 0 Å². The highest BCUT2D eigenvalue weighted by Crippen LogP contribution is 2.66.